The predicted octanol–water partition coefficient (Wildman–Crippen LogP) is 3.53. The third kappa shape index (κ3) is 3.97. The molecule has 0 aliphatic heterocycles. The molecule has 0 fully saturated rings. The molecule has 6 heteroatoms. The number of hydrogen-bond acceptors (Lipinski definition) is 5. The molecule has 3 rings (SSSR count). The zero-order chi connectivity index (χ0) is 16.8. The number of amides is 1. The lowest BCUT2D eigenvalue weighted by molar-refractivity contribution is 0.0950. The molecule has 3 heterocycles. The van der Waals surface area contributed by atoms with Gasteiger partial charge in [0.05, 0.1) is 22.7 Å². The first-order chi connectivity index (χ1) is 11.8. The number of pyridine rings is 2. The van der Waals surface area contributed by atoms with E-state index < -0.39 is 0 Å². The Morgan fingerprint density at radius 1 is 1.25 bits per heavy atom. The number of rotatable bonds is 6. The molecule has 0 saturated carbocycles. The highest BCUT2D eigenvalue weighted by Crippen LogP contribution is 2.23. The van der Waals surface area contributed by atoms with E-state index in [1.807, 2.05) is 36.6 Å². The zero-order valence-corrected chi connectivity index (χ0v) is 14.0. The fraction of sp³-hybridized carbons (Fsp3) is 0.167. The standard InChI is InChI=1S/C18H17N3O2S/c1-2-23-17-6-5-14(12-20-17)18(22)21-11-13-7-8-19-15(10-13)16-4-3-9-24-16/h3-10,12H,2,11H2,1H3,(H,21,22). The molecule has 0 aromatic carbocycles. The van der Waals surface area contributed by atoms with Crippen LogP contribution in [-0.2, 0) is 6.54 Å². The summed E-state index contributed by atoms with van der Waals surface area (Å²) in [5.74, 6) is 0.351. The molecule has 3 aromatic rings. The number of ether oxygens (including phenoxy) is 1. The molecular formula is C18H17N3O2S. The van der Waals surface area contributed by atoms with Crippen LogP contribution in [0.3, 0.4) is 0 Å². The van der Waals surface area contributed by atoms with E-state index in [-0.39, 0.29) is 5.91 Å². The average Bonchev–Trinajstić information content (AvgIpc) is 3.16. The number of carbonyl (C=O) groups excluding carboxylic acids is 1. The van der Waals surface area contributed by atoms with Gasteiger partial charge in [0.25, 0.3) is 5.91 Å². The first-order valence-corrected chi connectivity index (χ1v) is 8.50. The Morgan fingerprint density at radius 2 is 2.17 bits per heavy atom. The minimum absolute atomic E-state index is 0.167. The van der Waals surface area contributed by atoms with Crippen LogP contribution in [0.2, 0.25) is 0 Å². The van der Waals surface area contributed by atoms with Crippen LogP contribution in [0.5, 0.6) is 5.88 Å². The van der Waals surface area contributed by atoms with Crippen molar-refractivity contribution in [3.63, 3.8) is 0 Å². The highest BCUT2D eigenvalue weighted by Gasteiger charge is 2.07. The highest BCUT2D eigenvalue weighted by molar-refractivity contribution is 7.13. The maximum Gasteiger partial charge on any atom is 0.253 e. The number of aromatic nitrogens is 2. The Morgan fingerprint density at radius 3 is 2.88 bits per heavy atom. The minimum Gasteiger partial charge on any atom is -0.478 e. The van der Waals surface area contributed by atoms with Crippen molar-refractivity contribution in [1.82, 2.24) is 15.3 Å². The molecule has 0 unspecified atom stereocenters. The zero-order valence-electron chi connectivity index (χ0n) is 13.2. The second kappa shape index (κ2) is 7.70. The highest BCUT2D eigenvalue weighted by atomic mass is 32.1. The summed E-state index contributed by atoms with van der Waals surface area (Å²) in [7, 11) is 0. The summed E-state index contributed by atoms with van der Waals surface area (Å²) in [5, 5.41) is 4.91. The molecule has 0 radical (unpaired) electrons. The second-order valence-electron chi connectivity index (χ2n) is 5.03. The van der Waals surface area contributed by atoms with Gasteiger partial charge >= 0.3 is 0 Å². The van der Waals surface area contributed by atoms with Crippen molar-refractivity contribution in [3.05, 3.63) is 65.3 Å². The number of nitrogens with one attached hydrogen (secondary N) is 1. The Bertz CT molecular complexity index is 801. The molecule has 0 spiro atoms. The lowest BCUT2D eigenvalue weighted by atomic mass is 10.2. The summed E-state index contributed by atoms with van der Waals surface area (Å²) < 4.78 is 5.27. The van der Waals surface area contributed by atoms with Crippen molar-refractivity contribution in [2.75, 3.05) is 6.61 Å². The van der Waals surface area contributed by atoms with Crippen molar-refractivity contribution in [2.45, 2.75) is 13.5 Å². The van der Waals surface area contributed by atoms with Crippen molar-refractivity contribution in [1.29, 1.82) is 0 Å². The lowest BCUT2D eigenvalue weighted by Gasteiger charge is -2.07. The molecule has 122 valence electrons. The van der Waals surface area contributed by atoms with Crippen LogP contribution >= 0.6 is 11.3 Å². The van der Waals surface area contributed by atoms with Gasteiger partial charge in [-0.25, -0.2) is 4.98 Å². The molecule has 1 amide bonds. The molecule has 1 N–H and O–H groups in total. The smallest absolute Gasteiger partial charge is 0.253 e. The number of carbonyl (C=O) groups is 1. The van der Waals surface area contributed by atoms with Crippen molar-refractivity contribution in [2.24, 2.45) is 0 Å². The van der Waals surface area contributed by atoms with E-state index in [2.05, 4.69) is 15.3 Å². The third-order valence-corrected chi connectivity index (χ3v) is 4.23. The van der Waals surface area contributed by atoms with Gasteiger partial charge in [0.2, 0.25) is 5.88 Å². The SMILES string of the molecule is CCOc1ccc(C(=O)NCc2ccnc(-c3cccs3)c2)cn1. The molecule has 0 aliphatic carbocycles. The third-order valence-electron chi connectivity index (χ3n) is 3.34. The largest absolute Gasteiger partial charge is 0.478 e. The lowest BCUT2D eigenvalue weighted by Crippen LogP contribution is -2.23. The Hall–Kier alpha value is -2.73. The van der Waals surface area contributed by atoms with Crippen molar-refractivity contribution >= 4 is 17.2 Å². The van der Waals surface area contributed by atoms with Crippen LogP contribution in [0.25, 0.3) is 10.6 Å². The summed E-state index contributed by atoms with van der Waals surface area (Å²) in [6.07, 6.45) is 3.28. The normalized spacial score (nSPS) is 10.4. The Labute approximate surface area is 144 Å². The Kier molecular flexibility index (Phi) is 5.18. The van der Waals surface area contributed by atoms with Gasteiger partial charge in [-0.1, -0.05) is 6.07 Å². The summed E-state index contributed by atoms with van der Waals surface area (Å²) in [5.41, 5.74) is 2.42. The quantitative estimate of drug-likeness (QED) is 0.746. The van der Waals surface area contributed by atoms with Crippen LogP contribution in [0.4, 0.5) is 0 Å². The van der Waals surface area contributed by atoms with Gasteiger partial charge in [-0.3, -0.25) is 9.78 Å². The maximum absolute atomic E-state index is 12.2. The van der Waals surface area contributed by atoms with Gasteiger partial charge in [-0.2, -0.15) is 0 Å². The molecule has 0 aliphatic rings. The van der Waals surface area contributed by atoms with E-state index >= 15 is 0 Å². The van der Waals surface area contributed by atoms with E-state index in [0.29, 0.717) is 24.6 Å². The van der Waals surface area contributed by atoms with Crippen LogP contribution in [0.1, 0.15) is 22.8 Å². The Balaban J connectivity index is 1.63. The predicted molar refractivity (Wildman–Crippen MR) is 94.1 cm³/mol. The van der Waals surface area contributed by atoms with Gasteiger partial charge in [0, 0.05) is 25.0 Å². The molecule has 5 nitrogen and oxygen atoms in total. The van der Waals surface area contributed by atoms with Gasteiger partial charge in [0.15, 0.2) is 0 Å². The van der Waals surface area contributed by atoms with E-state index in [0.717, 1.165) is 16.1 Å². The number of hydrogen-bond donors (Lipinski definition) is 1. The van der Waals surface area contributed by atoms with Gasteiger partial charge in [0.1, 0.15) is 0 Å². The molecule has 0 bridgehead atoms. The van der Waals surface area contributed by atoms with Gasteiger partial charge in [-0.15, -0.1) is 11.3 Å². The molecule has 3 aromatic heterocycles. The van der Waals surface area contributed by atoms with E-state index in [1.54, 1.807) is 29.7 Å². The van der Waals surface area contributed by atoms with E-state index in [1.165, 1.54) is 6.20 Å². The first-order valence-electron chi connectivity index (χ1n) is 7.62. The van der Waals surface area contributed by atoms with Gasteiger partial charge < -0.3 is 10.1 Å². The van der Waals surface area contributed by atoms with E-state index in [4.69, 9.17) is 4.74 Å². The van der Waals surface area contributed by atoms with Gasteiger partial charge in [-0.05, 0) is 42.1 Å². The summed E-state index contributed by atoms with van der Waals surface area (Å²) in [6.45, 7) is 2.88. The molecule has 0 atom stereocenters. The molecule has 0 saturated heterocycles. The van der Waals surface area contributed by atoms with Crippen molar-refractivity contribution in [3.8, 4) is 16.5 Å². The molecule has 24 heavy (non-hydrogen) atoms. The topological polar surface area (TPSA) is 64.1 Å². The monoisotopic (exact) mass is 339 g/mol. The first kappa shape index (κ1) is 16.1. The maximum atomic E-state index is 12.2. The number of nitrogens with zero attached hydrogens (tertiary/aromatic N) is 2. The van der Waals surface area contributed by atoms with Crippen LogP contribution in [-0.4, -0.2) is 22.5 Å². The second-order valence-corrected chi connectivity index (χ2v) is 5.98. The number of thiophene rings is 1. The van der Waals surface area contributed by atoms with E-state index in [9.17, 15) is 4.79 Å². The minimum atomic E-state index is -0.167. The average molecular weight is 339 g/mol. The summed E-state index contributed by atoms with van der Waals surface area (Å²) in [6, 6.07) is 11.3. The summed E-state index contributed by atoms with van der Waals surface area (Å²) >= 11 is 1.64. The fourth-order valence-corrected chi connectivity index (χ4v) is 2.87. The van der Waals surface area contributed by atoms with Crippen molar-refractivity contribution < 1.29 is 9.53 Å². The van der Waals surface area contributed by atoms with Crippen LogP contribution in [0, 0.1) is 0 Å². The summed E-state index contributed by atoms with van der Waals surface area (Å²) in [4.78, 5) is 21.8. The fourth-order valence-electron chi connectivity index (χ4n) is 2.18. The molecular weight excluding hydrogens is 322 g/mol. The van der Waals surface area contributed by atoms with Crippen LogP contribution < -0.4 is 10.1 Å². The van der Waals surface area contributed by atoms with Crippen LogP contribution in [0.15, 0.2) is 54.2 Å².